The van der Waals surface area contributed by atoms with Crippen molar-refractivity contribution in [3.63, 3.8) is 0 Å². The number of carboxylic acid groups (broad SMARTS) is 1. The normalized spacial score (nSPS) is 13.2. The van der Waals surface area contributed by atoms with Crippen molar-refractivity contribution in [2.45, 2.75) is 83.7 Å². The molecule has 122 valence electrons. The lowest BCUT2D eigenvalue weighted by Gasteiger charge is -2.04. The van der Waals surface area contributed by atoms with E-state index in [1.165, 1.54) is 25.7 Å². The number of hydrogen-bond acceptors (Lipinski definition) is 2. The van der Waals surface area contributed by atoms with Crippen LogP contribution >= 0.6 is 0 Å². The second kappa shape index (κ2) is 15.3. The van der Waals surface area contributed by atoms with E-state index in [0.29, 0.717) is 0 Å². The predicted octanol–water partition coefficient (Wildman–Crippen LogP) is 4.86. The highest BCUT2D eigenvalue weighted by Gasteiger charge is 1.99. The minimum absolute atomic E-state index is 0.255. The standard InChI is InChI=1S/C18H32O3/c1-2-3-4-5-6-7-8-11-14-17(19)15-12-9-10-13-16-18(20)21/h7-8,11,14,17,19H,2-6,9-10,12-13,15-16H2,1H3,(H,20,21)/b8-7-,14-11-/t17-/m1/s1. The fourth-order valence-electron chi connectivity index (χ4n) is 2.14. The highest BCUT2D eigenvalue weighted by atomic mass is 16.4. The van der Waals surface area contributed by atoms with Gasteiger partial charge in [0, 0.05) is 6.42 Å². The van der Waals surface area contributed by atoms with Gasteiger partial charge in [0.1, 0.15) is 0 Å². The lowest BCUT2D eigenvalue weighted by Crippen LogP contribution is -2.01. The fourth-order valence-corrected chi connectivity index (χ4v) is 2.14. The van der Waals surface area contributed by atoms with Crippen LogP contribution in [0, 0.1) is 0 Å². The number of rotatable bonds is 14. The Labute approximate surface area is 129 Å². The van der Waals surface area contributed by atoms with Gasteiger partial charge in [-0.15, -0.1) is 0 Å². The molecule has 0 saturated heterocycles. The molecule has 1 atom stereocenters. The van der Waals surface area contributed by atoms with Gasteiger partial charge in [0.2, 0.25) is 0 Å². The van der Waals surface area contributed by atoms with Crippen molar-refractivity contribution in [1.82, 2.24) is 0 Å². The molecule has 0 amide bonds. The molecule has 0 rings (SSSR count). The Bertz CT molecular complexity index is 295. The molecule has 3 heteroatoms. The van der Waals surface area contributed by atoms with Crippen molar-refractivity contribution in [3.05, 3.63) is 24.3 Å². The summed E-state index contributed by atoms with van der Waals surface area (Å²) in [5.41, 5.74) is 0. The Balaban J connectivity index is 3.43. The topological polar surface area (TPSA) is 57.5 Å². The average molecular weight is 296 g/mol. The highest BCUT2D eigenvalue weighted by Crippen LogP contribution is 2.08. The van der Waals surface area contributed by atoms with Gasteiger partial charge in [-0.1, -0.05) is 69.8 Å². The molecule has 0 aromatic heterocycles. The number of aliphatic carboxylic acids is 1. The lowest BCUT2D eigenvalue weighted by molar-refractivity contribution is -0.137. The van der Waals surface area contributed by atoms with Crippen LogP contribution in [0.3, 0.4) is 0 Å². The zero-order valence-electron chi connectivity index (χ0n) is 13.5. The van der Waals surface area contributed by atoms with E-state index in [4.69, 9.17) is 5.11 Å². The Morgan fingerprint density at radius 3 is 2.43 bits per heavy atom. The molecule has 0 radical (unpaired) electrons. The van der Waals surface area contributed by atoms with Gasteiger partial charge in [0.25, 0.3) is 0 Å². The molecule has 0 aliphatic rings. The third-order valence-corrected chi connectivity index (χ3v) is 3.45. The number of carbonyl (C=O) groups is 1. The molecule has 0 aromatic rings. The van der Waals surface area contributed by atoms with Crippen LogP contribution in [-0.2, 0) is 4.79 Å². The average Bonchev–Trinajstić information content (AvgIpc) is 2.45. The number of aliphatic hydroxyl groups excluding tert-OH is 1. The number of carboxylic acids is 1. The van der Waals surface area contributed by atoms with Crippen LogP contribution in [0.25, 0.3) is 0 Å². The van der Waals surface area contributed by atoms with Crippen LogP contribution in [0.2, 0.25) is 0 Å². The van der Waals surface area contributed by atoms with Crippen LogP contribution in [-0.4, -0.2) is 22.3 Å². The first-order chi connectivity index (χ1) is 10.2. The van der Waals surface area contributed by atoms with Gasteiger partial charge in [-0.2, -0.15) is 0 Å². The molecule has 0 aromatic carbocycles. The molecule has 0 unspecified atom stereocenters. The number of hydrogen-bond donors (Lipinski definition) is 2. The summed E-state index contributed by atoms with van der Waals surface area (Å²) in [5, 5.41) is 18.3. The number of unbranched alkanes of at least 4 members (excludes halogenated alkanes) is 7. The quantitative estimate of drug-likeness (QED) is 0.355. The van der Waals surface area contributed by atoms with E-state index in [9.17, 15) is 9.90 Å². The second-order valence-corrected chi connectivity index (χ2v) is 5.58. The molecule has 0 aliphatic carbocycles. The molecule has 21 heavy (non-hydrogen) atoms. The van der Waals surface area contributed by atoms with Crippen molar-refractivity contribution in [2.75, 3.05) is 0 Å². The maximum absolute atomic E-state index is 10.3. The molecular formula is C18H32O3. The zero-order valence-corrected chi connectivity index (χ0v) is 13.5. The van der Waals surface area contributed by atoms with E-state index in [1.807, 2.05) is 18.2 Å². The summed E-state index contributed by atoms with van der Waals surface area (Å²) in [5.74, 6) is -0.723. The molecule has 0 heterocycles. The zero-order chi connectivity index (χ0) is 15.8. The molecule has 0 fully saturated rings. The predicted molar refractivity (Wildman–Crippen MR) is 88.4 cm³/mol. The van der Waals surface area contributed by atoms with E-state index in [1.54, 1.807) is 0 Å². The molecule has 2 N–H and O–H groups in total. The SMILES string of the molecule is CCCCCC/C=C\C=C/[C@@H](O)CCCCCCC(=O)O. The van der Waals surface area contributed by atoms with Gasteiger partial charge in [0.05, 0.1) is 6.10 Å². The maximum atomic E-state index is 10.3. The summed E-state index contributed by atoms with van der Waals surface area (Å²) in [4.78, 5) is 10.3. The van der Waals surface area contributed by atoms with E-state index < -0.39 is 5.97 Å². The Morgan fingerprint density at radius 2 is 1.71 bits per heavy atom. The van der Waals surface area contributed by atoms with Crippen molar-refractivity contribution in [3.8, 4) is 0 Å². The Morgan fingerprint density at radius 1 is 1.00 bits per heavy atom. The van der Waals surface area contributed by atoms with Crippen LogP contribution in [0.1, 0.15) is 77.6 Å². The maximum Gasteiger partial charge on any atom is 0.303 e. The summed E-state index contributed by atoms with van der Waals surface area (Å²) in [6, 6.07) is 0. The number of aliphatic hydroxyl groups is 1. The molecule has 0 bridgehead atoms. The first-order valence-electron chi connectivity index (χ1n) is 8.40. The van der Waals surface area contributed by atoms with Crippen LogP contribution < -0.4 is 0 Å². The van der Waals surface area contributed by atoms with E-state index in [2.05, 4.69) is 13.0 Å². The first kappa shape index (κ1) is 19.9. The molecule has 0 saturated carbocycles. The smallest absolute Gasteiger partial charge is 0.303 e. The second-order valence-electron chi connectivity index (χ2n) is 5.58. The van der Waals surface area contributed by atoms with E-state index >= 15 is 0 Å². The van der Waals surface area contributed by atoms with Gasteiger partial charge >= 0.3 is 5.97 Å². The fraction of sp³-hybridized carbons (Fsp3) is 0.722. The molecular weight excluding hydrogens is 264 g/mol. The van der Waals surface area contributed by atoms with Gasteiger partial charge in [0.15, 0.2) is 0 Å². The van der Waals surface area contributed by atoms with Gasteiger partial charge < -0.3 is 10.2 Å². The van der Waals surface area contributed by atoms with Crippen LogP contribution in [0.4, 0.5) is 0 Å². The van der Waals surface area contributed by atoms with Crippen LogP contribution in [0.5, 0.6) is 0 Å². The van der Waals surface area contributed by atoms with Crippen molar-refractivity contribution >= 4 is 5.97 Å². The van der Waals surface area contributed by atoms with Crippen molar-refractivity contribution in [2.24, 2.45) is 0 Å². The van der Waals surface area contributed by atoms with E-state index in [0.717, 1.165) is 38.5 Å². The van der Waals surface area contributed by atoms with Gasteiger partial charge in [-0.3, -0.25) is 4.79 Å². The number of allylic oxidation sites excluding steroid dienone is 3. The van der Waals surface area contributed by atoms with E-state index in [-0.39, 0.29) is 12.5 Å². The van der Waals surface area contributed by atoms with Gasteiger partial charge in [-0.25, -0.2) is 0 Å². The molecule has 0 spiro atoms. The Hall–Kier alpha value is -1.09. The third-order valence-electron chi connectivity index (χ3n) is 3.45. The summed E-state index contributed by atoms with van der Waals surface area (Å²) in [6.45, 7) is 2.21. The summed E-state index contributed by atoms with van der Waals surface area (Å²) >= 11 is 0. The molecule has 3 nitrogen and oxygen atoms in total. The van der Waals surface area contributed by atoms with Gasteiger partial charge in [-0.05, 0) is 25.7 Å². The minimum Gasteiger partial charge on any atom is -0.481 e. The summed E-state index contributed by atoms with van der Waals surface area (Å²) < 4.78 is 0. The minimum atomic E-state index is -0.723. The van der Waals surface area contributed by atoms with Crippen LogP contribution in [0.15, 0.2) is 24.3 Å². The lowest BCUT2D eigenvalue weighted by atomic mass is 10.1. The highest BCUT2D eigenvalue weighted by molar-refractivity contribution is 5.66. The molecule has 0 aliphatic heterocycles. The monoisotopic (exact) mass is 296 g/mol. The summed E-state index contributed by atoms with van der Waals surface area (Å²) in [6.07, 6.45) is 18.4. The third kappa shape index (κ3) is 16.9. The largest absolute Gasteiger partial charge is 0.481 e. The Kier molecular flexibility index (Phi) is 14.5. The summed E-state index contributed by atoms with van der Waals surface area (Å²) in [7, 11) is 0. The first-order valence-corrected chi connectivity index (χ1v) is 8.40. The van der Waals surface area contributed by atoms with Crippen molar-refractivity contribution in [1.29, 1.82) is 0 Å². The van der Waals surface area contributed by atoms with Crippen molar-refractivity contribution < 1.29 is 15.0 Å².